The average molecular weight is 439 g/mol. The van der Waals surface area contributed by atoms with E-state index in [-0.39, 0.29) is 5.75 Å². The minimum absolute atomic E-state index is 0.00454. The Bertz CT molecular complexity index is 1020. The van der Waals surface area contributed by atoms with Crippen molar-refractivity contribution in [1.29, 1.82) is 0 Å². The molecule has 3 aromatic rings. The fourth-order valence-corrected chi connectivity index (χ4v) is 2.52. The Kier molecular flexibility index (Phi) is 6.18. The van der Waals surface area contributed by atoms with Crippen LogP contribution in [0.5, 0.6) is 11.5 Å². The van der Waals surface area contributed by atoms with Crippen molar-refractivity contribution in [2.45, 2.75) is 0 Å². The number of phenols is 1. The molecule has 28 heavy (non-hydrogen) atoms. The number of ether oxygens (including phenoxy) is 1. The van der Waals surface area contributed by atoms with Gasteiger partial charge in [0.05, 0.1) is 11.8 Å². The van der Waals surface area contributed by atoms with E-state index in [4.69, 9.17) is 4.74 Å². The zero-order valence-electron chi connectivity index (χ0n) is 14.5. The van der Waals surface area contributed by atoms with Crippen LogP contribution in [0.3, 0.4) is 0 Å². The van der Waals surface area contributed by atoms with Gasteiger partial charge in [0.15, 0.2) is 0 Å². The lowest BCUT2D eigenvalue weighted by Crippen LogP contribution is -2.17. The number of nitrogens with zero attached hydrogens (tertiary/aromatic N) is 1. The topological polar surface area (TPSA) is 88.0 Å². The lowest BCUT2D eigenvalue weighted by Gasteiger charge is -2.05. The molecule has 140 valence electrons. The molecular weight excluding hydrogens is 424 g/mol. The van der Waals surface area contributed by atoms with Gasteiger partial charge in [-0.15, -0.1) is 0 Å². The Morgan fingerprint density at radius 2 is 1.68 bits per heavy atom. The SMILES string of the molecule is O=C(N/N=C/c1ccc(OC(=O)c2ccc(Br)cc2)cc1)c1cccc(O)c1. The van der Waals surface area contributed by atoms with Gasteiger partial charge in [-0.3, -0.25) is 4.79 Å². The third-order valence-electron chi connectivity index (χ3n) is 3.66. The van der Waals surface area contributed by atoms with Gasteiger partial charge in [-0.1, -0.05) is 22.0 Å². The number of amides is 1. The quantitative estimate of drug-likeness (QED) is 0.271. The van der Waals surface area contributed by atoms with E-state index >= 15 is 0 Å². The number of halogens is 1. The summed E-state index contributed by atoms with van der Waals surface area (Å²) in [4.78, 5) is 24.0. The molecule has 0 atom stereocenters. The van der Waals surface area contributed by atoms with Crippen LogP contribution in [0.15, 0.2) is 82.4 Å². The molecule has 0 aliphatic carbocycles. The number of rotatable bonds is 5. The van der Waals surface area contributed by atoms with E-state index in [2.05, 4.69) is 26.5 Å². The fourth-order valence-electron chi connectivity index (χ4n) is 2.25. The van der Waals surface area contributed by atoms with E-state index in [0.29, 0.717) is 22.4 Å². The molecule has 0 saturated carbocycles. The first-order valence-corrected chi connectivity index (χ1v) is 9.01. The summed E-state index contributed by atoms with van der Waals surface area (Å²) in [6.45, 7) is 0. The molecule has 0 spiro atoms. The van der Waals surface area contributed by atoms with Gasteiger partial charge in [0.25, 0.3) is 5.91 Å². The van der Waals surface area contributed by atoms with Crippen LogP contribution >= 0.6 is 15.9 Å². The lowest BCUT2D eigenvalue weighted by atomic mass is 10.2. The molecular formula is C21H15BrN2O4. The number of esters is 1. The number of hydrogen-bond donors (Lipinski definition) is 2. The molecule has 2 N–H and O–H groups in total. The number of benzene rings is 3. The smallest absolute Gasteiger partial charge is 0.343 e. The normalized spacial score (nSPS) is 10.6. The highest BCUT2D eigenvalue weighted by Gasteiger charge is 2.08. The van der Waals surface area contributed by atoms with Crippen LogP contribution in [0.4, 0.5) is 0 Å². The van der Waals surface area contributed by atoms with E-state index in [1.165, 1.54) is 18.3 Å². The van der Waals surface area contributed by atoms with Crippen molar-refractivity contribution in [2.24, 2.45) is 5.10 Å². The van der Waals surface area contributed by atoms with Crippen LogP contribution in [0.25, 0.3) is 0 Å². The molecule has 0 radical (unpaired) electrons. The number of carbonyl (C=O) groups excluding carboxylic acids is 2. The van der Waals surface area contributed by atoms with Gasteiger partial charge in [0.2, 0.25) is 0 Å². The first-order valence-electron chi connectivity index (χ1n) is 8.21. The first kappa shape index (κ1) is 19.3. The highest BCUT2D eigenvalue weighted by molar-refractivity contribution is 9.10. The molecule has 0 aromatic heterocycles. The third kappa shape index (κ3) is 5.28. The van der Waals surface area contributed by atoms with Gasteiger partial charge >= 0.3 is 5.97 Å². The van der Waals surface area contributed by atoms with Crippen LogP contribution in [0.2, 0.25) is 0 Å². The van der Waals surface area contributed by atoms with Gasteiger partial charge in [0, 0.05) is 10.0 Å². The second kappa shape index (κ2) is 8.96. The maximum atomic E-state index is 12.1. The average Bonchev–Trinajstić information content (AvgIpc) is 2.69. The minimum Gasteiger partial charge on any atom is -0.508 e. The van der Waals surface area contributed by atoms with Crippen molar-refractivity contribution >= 4 is 34.0 Å². The number of aromatic hydroxyl groups is 1. The van der Waals surface area contributed by atoms with E-state index in [1.807, 2.05) is 0 Å². The van der Waals surface area contributed by atoms with E-state index in [1.54, 1.807) is 60.7 Å². The number of carbonyl (C=O) groups is 2. The Labute approximate surface area is 169 Å². The van der Waals surface area contributed by atoms with Crippen LogP contribution < -0.4 is 10.2 Å². The number of nitrogens with one attached hydrogen (secondary N) is 1. The summed E-state index contributed by atoms with van der Waals surface area (Å²) in [5, 5.41) is 13.3. The Hall–Kier alpha value is -3.45. The summed E-state index contributed by atoms with van der Waals surface area (Å²) < 4.78 is 6.19. The summed E-state index contributed by atoms with van der Waals surface area (Å²) >= 11 is 3.31. The first-order chi connectivity index (χ1) is 13.5. The molecule has 7 heteroatoms. The van der Waals surface area contributed by atoms with E-state index in [0.717, 1.165) is 4.47 Å². The number of phenolic OH excluding ortho intramolecular Hbond substituents is 1. The maximum absolute atomic E-state index is 12.1. The molecule has 0 bridgehead atoms. The lowest BCUT2D eigenvalue weighted by molar-refractivity contribution is 0.0734. The van der Waals surface area contributed by atoms with Crippen LogP contribution in [0.1, 0.15) is 26.3 Å². The number of hydrogen-bond acceptors (Lipinski definition) is 5. The highest BCUT2D eigenvalue weighted by Crippen LogP contribution is 2.16. The largest absolute Gasteiger partial charge is 0.508 e. The van der Waals surface area contributed by atoms with Gasteiger partial charge in [-0.25, -0.2) is 10.2 Å². The summed E-state index contributed by atoms with van der Waals surface area (Å²) in [5.41, 5.74) is 3.83. The molecule has 0 heterocycles. The predicted molar refractivity (Wildman–Crippen MR) is 109 cm³/mol. The standard InChI is InChI=1S/C21H15BrN2O4/c22-17-8-6-15(7-9-17)21(27)28-19-10-4-14(5-11-19)13-23-24-20(26)16-2-1-3-18(25)12-16/h1-13,25H,(H,24,26)/b23-13+. The maximum Gasteiger partial charge on any atom is 0.343 e. The molecule has 3 aromatic carbocycles. The van der Waals surface area contributed by atoms with Crippen molar-refractivity contribution < 1.29 is 19.4 Å². The summed E-state index contributed by atoms with van der Waals surface area (Å²) in [6, 6.07) is 19.5. The zero-order chi connectivity index (χ0) is 19.9. The molecule has 3 rings (SSSR count). The van der Waals surface area contributed by atoms with Crippen LogP contribution in [-0.2, 0) is 0 Å². The van der Waals surface area contributed by atoms with Crippen molar-refractivity contribution in [3.63, 3.8) is 0 Å². The van der Waals surface area contributed by atoms with Gasteiger partial charge in [-0.2, -0.15) is 5.10 Å². The molecule has 6 nitrogen and oxygen atoms in total. The molecule has 0 saturated heterocycles. The second-order valence-corrected chi connectivity index (χ2v) is 6.63. The predicted octanol–water partition coefficient (Wildman–Crippen LogP) is 4.14. The Balaban J connectivity index is 1.56. The Morgan fingerprint density at radius 3 is 2.36 bits per heavy atom. The Morgan fingerprint density at radius 1 is 0.964 bits per heavy atom. The van der Waals surface area contributed by atoms with E-state index in [9.17, 15) is 14.7 Å². The van der Waals surface area contributed by atoms with Gasteiger partial charge in [0.1, 0.15) is 11.5 Å². The summed E-state index contributed by atoms with van der Waals surface area (Å²) in [5.74, 6) is -0.488. The minimum atomic E-state index is -0.452. The van der Waals surface area contributed by atoms with Crippen molar-refractivity contribution in [3.8, 4) is 11.5 Å². The summed E-state index contributed by atoms with van der Waals surface area (Å²) in [7, 11) is 0. The monoisotopic (exact) mass is 438 g/mol. The molecule has 0 fully saturated rings. The molecule has 0 unspecified atom stereocenters. The van der Waals surface area contributed by atoms with Crippen molar-refractivity contribution in [2.75, 3.05) is 0 Å². The zero-order valence-corrected chi connectivity index (χ0v) is 16.1. The van der Waals surface area contributed by atoms with Crippen molar-refractivity contribution in [3.05, 3.63) is 94.0 Å². The van der Waals surface area contributed by atoms with Crippen LogP contribution in [0, 0.1) is 0 Å². The fraction of sp³-hybridized carbons (Fsp3) is 0. The highest BCUT2D eigenvalue weighted by atomic mass is 79.9. The van der Waals surface area contributed by atoms with Gasteiger partial charge < -0.3 is 9.84 Å². The van der Waals surface area contributed by atoms with Gasteiger partial charge in [-0.05, 0) is 72.3 Å². The summed E-state index contributed by atoms with van der Waals surface area (Å²) in [6.07, 6.45) is 1.46. The van der Waals surface area contributed by atoms with Crippen molar-refractivity contribution in [1.82, 2.24) is 5.43 Å². The number of hydrazone groups is 1. The second-order valence-electron chi connectivity index (χ2n) is 5.71. The molecule has 0 aliphatic rings. The molecule has 1 amide bonds. The third-order valence-corrected chi connectivity index (χ3v) is 4.19. The van der Waals surface area contributed by atoms with Crippen LogP contribution in [-0.4, -0.2) is 23.2 Å². The molecule has 0 aliphatic heterocycles. The van der Waals surface area contributed by atoms with E-state index < -0.39 is 11.9 Å².